The molecule has 1 aliphatic heterocycles. The van der Waals surface area contributed by atoms with E-state index < -0.39 is 0 Å². The summed E-state index contributed by atoms with van der Waals surface area (Å²) in [4.78, 5) is 14.2. The molecule has 4 nitrogen and oxygen atoms in total. The standard InChI is InChI=1S/C18H19ClN2O2/c19-15-5-3-4-14(12-15)13-18(22)20-8-9-21-10-11-23-17-7-2-1-6-16(17)21/h1-7,12H,8-11,13H2,(H,20,22). The molecule has 0 aliphatic carbocycles. The average Bonchev–Trinajstić information content (AvgIpc) is 2.55. The number of fused-ring (bicyclic) bond motifs is 1. The lowest BCUT2D eigenvalue weighted by atomic mass is 10.1. The molecule has 1 heterocycles. The highest BCUT2D eigenvalue weighted by Crippen LogP contribution is 2.30. The van der Waals surface area contributed by atoms with Crippen LogP contribution in [0.5, 0.6) is 5.75 Å². The van der Waals surface area contributed by atoms with Gasteiger partial charge in [-0.1, -0.05) is 35.9 Å². The topological polar surface area (TPSA) is 41.6 Å². The molecule has 3 rings (SSSR count). The number of carbonyl (C=O) groups excluding carboxylic acids is 1. The van der Waals surface area contributed by atoms with Crippen molar-refractivity contribution in [2.24, 2.45) is 0 Å². The van der Waals surface area contributed by atoms with Gasteiger partial charge >= 0.3 is 0 Å². The van der Waals surface area contributed by atoms with Gasteiger partial charge in [-0.3, -0.25) is 4.79 Å². The number of hydrogen-bond donors (Lipinski definition) is 1. The third-order valence-electron chi connectivity index (χ3n) is 3.78. The molecule has 2 aromatic rings. The minimum absolute atomic E-state index is 0.00816. The molecule has 2 aromatic carbocycles. The number of para-hydroxylation sites is 2. The van der Waals surface area contributed by atoms with Gasteiger partial charge < -0.3 is 15.0 Å². The summed E-state index contributed by atoms with van der Waals surface area (Å²) in [6.45, 7) is 2.88. The van der Waals surface area contributed by atoms with Crippen molar-refractivity contribution in [2.75, 3.05) is 31.1 Å². The molecule has 0 bridgehead atoms. The van der Waals surface area contributed by atoms with E-state index in [1.807, 2.05) is 42.5 Å². The maximum Gasteiger partial charge on any atom is 0.224 e. The van der Waals surface area contributed by atoms with E-state index in [-0.39, 0.29) is 5.91 Å². The Labute approximate surface area is 141 Å². The normalized spacial score (nSPS) is 13.2. The molecular formula is C18H19ClN2O2. The van der Waals surface area contributed by atoms with Crippen LogP contribution in [0.25, 0.3) is 0 Å². The van der Waals surface area contributed by atoms with Gasteiger partial charge in [-0.15, -0.1) is 0 Å². The summed E-state index contributed by atoms with van der Waals surface area (Å²) < 4.78 is 5.63. The number of amides is 1. The smallest absolute Gasteiger partial charge is 0.224 e. The highest BCUT2D eigenvalue weighted by molar-refractivity contribution is 6.30. The summed E-state index contributed by atoms with van der Waals surface area (Å²) in [5.74, 6) is 0.915. The Hall–Kier alpha value is -2.20. The molecule has 5 heteroatoms. The second kappa shape index (κ2) is 7.38. The van der Waals surface area contributed by atoms with Gasteiger partial charge in [0.25, 0.3) is 0 Å². The van der Waals surface area contributed by atoms with E-state index in [9.17, 15) is 4.79 Å². The van der Waals surface area contributed by atoms with Crippen molar-refractivity contribution in [1.29, 1.82) is 0 Å². The number of rotatable bonds is 5. The molecule has 0 atom stereocenters. The van der Waals surface area contributed by atoms with Crippen LogP contribution < -0.4 is 15.0 Å². The number of halogens is 1. The van der Waals surface area contributed by atoms with Crippen molar-refractivity contribution in [3.8, 4) is 5.75 Å². The molecule has 0 unspecified atom stereocenters. The zero-order valence-electron chi connectivity index (χ0n) is 12.8. The summed E-state index contributed by atoms with van der Waals surface area (Å²) in [5, 5.41) is 3.62. The number of nitrogens with one attached hydrogen (secondary N) is 1. The van der Waals surface area contributed by atoms with Gasteiger partial charge in [0.15, 0.2) is 0 Å². The van der Waals surface area contributed by atoms with Crippen LogP contribution in [0, 0.1) is 0 Å². The molecule has 1 aliphatic rings. The lowest BCUT2D eigenvalue weighted by Gasteiger charge is -2.31. The van der Waals surface area contributed by atoms with Gasteiger partial charge in [0.05, 0.1) is 18.7 Å². The van der Waals surface area contributed by atoms with E-state index in [2.05, 4.69) is 10.2 Å². The van der Waals surface area contributed by atoms with Crippen molar-refractivity contribution in [3.05, 3.63) is 59.1 Å². The summed E-state index contributed by atoms with van der Waals surface area (Å²) >= 11 is 5.93. The van der Waals surface area contributed by atoms with Gasteiger partial charge in [-0.2, -0.15) is 0 Å². The van der Waals surface area contributed by atoms with Crippen LogP contribution >= 0.6 is 11.6 Å². The molecule has 0 saturated heterocycles. The number of anilines is 1. The van der Waals surface area contributed by atoms with E-state index in [1.165, 1.54) is 0 Å². The zero-order valence-corrected chi connectivity index (χ0v) is 13.6. The highest BCUT2D eigenvalue weighted by atomic mass is 35.5. The van der Waals surface area contributed by atoms with Gasteiger partial charge in [-0.05, 0) is 29.8 Å². The monoisotopic (exact) mass is 330 g/mol. The molecule has 120 valence electrons. The summed E-state index contributed by atoms with van der Waals surface area (Å²) in [6, 6.07) is 15.4. The second-order valence-electron chi connectivity index (χ2n) is 5.46. The summed E-state index contributed by atoms with van der Waals surface area (Å²) in [5.41, 5.74) is 2.01. The Balaban J connectivity index is 1.49. The fourth-order valence-electron chi connectivity index (χ4n) is 2.68. The van der Waals surface area contributed by atoms with Gasteiger partial charge in [0.1, 0.15) is 12.4 Å². The maximum absolute atomic E-state index is 12.0. The third-order valence-corrected chi connectivity index (χ3v) is 4.02. The largest absolute Gasteiger partial charge is 0.490 e. The molecule has 1 N–H and O–H groups in total. The van der Waals surface area contributed by atoms with Crippen molar-refractivity contribution >= 4 is 23.2 Å². The molecule has 0 radical (unpaired) electrons. The second-order valence-corrected chi connectivity index (χ2v) is 5.90. The molecule has 23 heavy (non-hydrogen) atoms. The quantitative estimate of drug-likeness (QED) is 0.916. The zero-order chi connectivity index (χ0) is 16.1. The minimum atomic E-state index is 0.00816. The lowest BCUT2D eigenvalue weighted by Crippen LogP contribution is -2.39. The number of carbonyl (C=O) groups is 1. The molecule has 0 aromatic heterocycles. The van der Waals surface area contributed by atoms with Crippen LogP contribution in [0.4, 0.5) is 5.69 Å². The van der Waals surface area contributed by atoms with Crippen molar-refractivity contribution in [2.45, 2.75) is 6.42 Å². The first-order chi connectivity index (χ1) is 11.2. The fourth-order valence-corrected chi connectivity index (χ4v) is 2.90. The molecule has 1 amide bonds. The van der Waals surface area contributed by atoms with E-state index in [0.717, 1.165) is 30.1 Å². The van der Waals surface area contributed by atoms with Crippen LogP contribution in [-0.2, 0) is 11.2 Å². The van der Waals surface area contributed by atoms with Gasteiger partial charge in [0.2, 0.25) is 5.91 Å². The SMILES string of the molecule is O=C(Cc1cccc(Cl)c1)NCCN1CCOc2ccccc21. The fraction of sp³-hybridized carbons (Fsp3) is 0.278. The van der Waals surface area contributed by atoms with Crippen LogP contribution in [0.3, 0.4) is 0 Å². The molecule has 0 fully saturated rings. The third kappa shape index (κ3) is 4.17. The first kappa shape index (κ1) is 15.7. The first-order valence-corrected chi connectivity index (χ1v) is 8.08. The molecule has 0 saturated carbocycles. The minimum Gasteiger partial charge on any atom is -0.490 e. The van der Waals surface area contributed by atoms with Crippen molar-refractivity contribution in [3.63, 3.8) is 0 Å². The number of benzene rings is 2. The van der Waals surface area contributed by atoms with Gasteiger partial charge in [0, 0.05) is 18.1 Å². The Bertz CT molecular complexity index is 690. The van der Waals surface area contributed by atoms with Crippen LogP contribution in [0.2, 0.25) is 5.02 Å². The molecular weight excluding hydrogens is 312 g/mol. The Kier molecular flexibility index (Phi) is 5.03. The Morgan fingerprint density at radius 3 is 2.96 bits per heavy atom. The van der Waals surface area contributed by atoms with Crippen molar-refractivity contribution in [1.82, 2.24) is 5.32 Å². The molecule has 0 spiro atoms. The van der Waals surface area contributed by atoms with E-state index in [0.29, 0.717) is 24.6 Å². The van der Waals surface area contributed by atoms with Crippen LogP contribution in [-0.4, -0.2) is 32.1 Å². The van der Waals surface area contributed by atoms with Crippen molar-refractivity contribution < 1.29 is 9.53 Å². The highest BCUT2D eigenvalue weighted by Gasteiger charge is 2.16. The number of ether oxygens (including phenoxy) is 1. The average molecular weight is 331 g/mol. The predicted molar refractivity (Wildman–Crippen MR) is 92.3 cm³/mol. The van der Waals surface area contributed by atoms with E-state index >= 15 is 0 Å². The predicted octanol–water partition coefficient (Wildman–Crippen LogP) is 2.90. The number of hydrogen-bond acceptors (Lipinski definition) is 3. The van der Waals surface area contributed by atoms with Crippen LogP contribution in [0.15, 0.2) is 48.5 Å². The van der Waals surface area contributed by atoms with Gasteiger partial charge in [-0.25, -0.2) is 0 Å². The first-order valence-electron chi connectivity index (χ1n) is 7.70. The maximum atomic E-state index is 12.0. The number of nitrogens with zero attached hydrogens (tertiary/aromatic N) is 1. The summed E-state index contributed by atoms with van der Waals surface area (Å²) in [7, 11) is 0. The van der Waals surface area contributed by atoms with E-state index in [1.54, 1.807) is 6.07 Å². The Morgan fingerprint density at radius 1 is 1.22 bits per heavy atom. The van der Waals surface area contributed by atoms with E-state index in [4.69, 9.17) is 16.3 Å². The summed E-state index contributed by atoms with van der Waals surface area (Å²) in [6.07, 6.45) is 0.347. The Morgan fingerprint density at radius 2 is 2.09 bits per heavy atom. The van der Waals surface area contributed by atoms with Crippen LogP contribution in [0.1, 0.15) is 5.56 Å². The lowest BCUT2D eigenvalue weighted by molar-refractivity contribution is -0.120.